The van der Waals surface area contributed by atoms with Crippen molar-refractivity contribution in [2.45, 2.75) is 10.9 Å². The van der Waals surface area contributed by atoms with Crippen LogP contribution in [0.15, 0.2) is 56.8 Å². The van der Waals surface area contributed by atoms with Crippen molar-refractivity contribution in [3.05, 3.63) is 48.6 Å². The van der Waals surface area contributed by atoms with Gasteiger partial charge in [-0.05, 0) is 24.3 Å². The van der Waals surface area contributed by atoms with Crippen LogP contribution in [0.4, 0.5) is 0 Å². The van der Waals surface area contributed by atoms with E-state index in [0.717, 1.165) is 16.5 Å². The topological polar surface area (TPSA) is 92.0 Å². The number of aromatic nitrogens is 5. The number of hydrogen-bond donors (Lipinski definition) is 0. The van der Waals surface area contributed by atoms with Crippen LogP contribution in [0.5, 0.6) is 5.75 Å². The molecule has 0 saturated carbocycles. The first-order valence-corrected chi connectivity index (χ1v) is 8.76. The van der Waals surface area contributed by atoms with Crippen molar-refractivity contribution in [3.8, 4) is 28.7 Å². The fraction of sp³-hybridized carbons (Fsp3) is 0.176. The summed E-state index contributed by atoms with van der Waals surface area (Å²) in [7, 11) is 3.50. The summed E-state index contributed by atoms with van der Waals surface area (Å²) in [4.78, 5) is 4.43. The Hall–Kier alpha value is -3.07. The Balaban J connectivity index is 1.47. The van der Waals surface area contributed by atoms with Crippen molar-refractivity contribution in [2.75, 3.05) is 7.11 Å². The summed E-state index contributed by atoms with van der Waals surface area (Å²) in [5.74, 6) is 3.60. The van der Waals surface area contributed by atoms with Gasteiger partial charge in [0.2, 0.25) is 11.7 Å². The van der Waals surface area contributed by atoms with E-state index in [1.807, 2.05) is 48.0 Å². The third-order valence-electron chi connectivity index (χ3n) is 3.70. The first kappa shape index (κ1) is 16.4. The predicted molar refractivity (Wildman–Crippen MR) is 94.6 cm³/mol. The van der Waals surface area contributed by atoms with E-state index < -0.39 is 0 Å². The molecule has 0 spiro atoms. The summed E-state index contributed by atoms with van der Waals surface area (Å²) in [5.41, 5.74) is 0.836. The maximum atomic E-state index is 5.36. The van der Waals surface area contributed by atoms with Gasteiger partial charge in [-0.1, -0.05) is 29.1 Å². The van der Waals surface area contributed by atoms with E-state index in [-0.39, 0.29) is 0 Å². The van der Waals surface area contributed by atoms with Gasteiger partial charge in [0, 0.05) is 12.6 Å². The van der Waals surface area contributed by atoms with Crippen molar-refractivity contribution in [1.29, 1.82) is 0 Å². The lowest BCUT2D eigenvalue weighted by atomic mass is 10.2. The highest BCUT2D eigenvalue weighted by molar-refractivity contribution is 7.98. The minimum Gasteiger partial charge on any atom is -0.497 e. The van der Waals surface area contributed by atoms with Crippen LogP contribution in [0.25, 0.3) is 23.0 Å². The summed E-state index contributed by atoms with van der Waals surface area (Å²) in [6, 6.07) is 11.2. The highest BCUT2D eigenvalue weighted by Crippen LogP contribution is 2.26. The second kappa shape index (κ2) is 7.04. The van der Waals surface area contributed by atoms with Crippen LogP contribution < -0.4 is 4.74 Å². The van der Waals surface area contributed by atoms with Crippen molar-refractivity contribution < 1.29 is 13.7 Å². The van der Waals surface area contributed by atoms with E-state index in [9.17, 15) is 0 Å². The molecule has 0 N–H and O–H groups in total. The second-order valence-electron chi connectivity index (χ2n) is 5.37. The third-order valence-corrected chi connectivity index (χ3v) is 4.70. The number of furan rings is 1. The van der Waals surface area contributed by atoms with E-state index in [1.54, 1.807) is 13.4 Å². The van der Waals surface area contributed by atoms with Crippen molar-refractivity contribution in [1.82, 2.24) is 24.9 Å². The maximum absolute atomic E-state index is 5.36. The van der Waals surface area contributed by atoms with Crippen molar-refractivity contribution in [2.24, 2.45) is 7.05 Å². The molecule has 26 heavy (non-hydrogen) atoms. The first-order chi connectivity index (χ1) is 12.7. The fourth-order valence-electron chi connectivity index (χ4n) is 2.38. The molecular weight excluding hydrogens is 354 g/mol. The molecule has 0 amide bonds. The molecule has 0 bridgehead atoms. The zero-order valence-electron chi connectivity index (χ0n) is 14.1. The van der Waals surface area contributed by atoms with Crippen LogP contribution in [0.2, 0.25) is 0 Å². The van der Waals surface area contributed by atoms with E-state index in [1.165, 1.54) is 11.8 Å². The lowest BCUT2D eigenvalue weighted by Gasteiger charge is -2.00. The molecule has 4 rings (SSSR count). The number of ether oxygens (including phenoxy) is 1. The largest absolute Gasteiger partial charge is 0.497 e. The lowest BCUT2D eigenvalue weighted by molar-refractivity contribution is 0.391. The summed E-state index contributed by atoms with van der Waals surface area (Å²) in [5, 5.41) is 13.1. The summed E-state index contributed by atoms with van der Waals surface area (Å²) < 4.78 is 17.8. The van der Waals surface area contributed by atoms with Gasteiger partial charge in [0.25, 0.3) is 0 Å². The molecule has 0 fully saturated rings. The third kappa shape index (κ3) is 3.21. The van der Waals surface area contributed by atoms with E-state index >= 15 is 0 Å². The highest BCUT2D eigenvalue weighted by Gasteiger charge is 2.15. The number of nitrogens with zero attached hydrogens (tertiary/aromatic N) is 5. The normalized spacial score (nSPS) is 11.0. The molecule has 9 heteroatoms. The van der Waals surface area contributed by atoms with Crippen LogP contribution >= 0.6 is 11.8 Å². The van der Waals surface area contributed by atoms with E-state index in [0.29, 0.717) is 29.1 Å². The monoisotopic (exact) mass is 369 g/mol. The van der Waals surface area contributed by atoms with Crippen LogP contribution in [0.3, 0.4) is 0 Å². The lowest BCUT2D eigenvalue weighted by Crippen LogP contribution is -1.94. The molecule has 1 aromatic carbocycles. The predicted octanol–water partition coefficient (Wildman–Crippen LogP) is 3.43. The van der Waals surface area contributed by atoms with Crippen LogP contribution in [0.1, 0.15) is 5.89 Å². The van der Waals surface area contributed by atoms with Gasteiger partial charge >= 0.3 is 0 Å². The zero-order chi connectivity index (χ0) is 17.9. The van der Waals surface area contributed by atoms with E-state index in [2.05, 4.69) is 20.3 Å². The molecular formula is C17H15N5O3S. The number of thioether (sulfide) groups is 1. The SMILES string of the molecule is COc1cccc(-c2noc(CSc3nnc(-c4ccco4)n3C)n2)c1. The summed E-state index contributed by atoms with van der Waals surface area (Å²) in [6.45, 7) is 0. The molecule has 4 aromatic rings. The Kier molecular flexibility index (Phi) is 4.44. The van der Waals surface area contributed by atoms with E-state index in [4.69, 9.17) is 13.7 Å². The van der Waals surface area contributed by atoms with Gasteiger partial charge in [-0.2, -0.15) is 4.98 Å². The van der Waals surface area contributed by atoms with Gasteiger partial charge in [0.05, 0.1) is 19.1 Å². The van der Waals surface area contributed by atoms with Crippen LogP contribution in [-0.2, 0) is 12.8 Å². The Morgan fingerprint density at radius 1 is 1.19 bits per heavy atom. The number of rotatable bonds is 6. The van der Waals surface area contributed by atoms with Gasteiger partial charge in [-0.25, -0.2) is 0 Å². The molecule has 0 aliphatic rings. The second-order valence-corrected chi connectivity index (χ2v) is 6.32. The number of hydrogen-bond acceptors (Lipinski definition) is 8. The Morgan fingerprint density at radius 2 is 2.12 bits per heavy atom. The molecule has 0 radical (unpaired) electrons. The molecule has 0 saturated heterocycles. The maximum Gasteiger partial charge on any atom is 0.237 e. The average molecular weight is 369 g/mol. The van der Waals surface area contributed by atoms with Gasteiger partial charge in [-0.15, -0.1) is 10.2 Å². The molecule has 3 heterocycles. The average Bonchev–Trinajstić information content (AvgIpc) is 3.41. The molecule has 0 aliphatic heterocycles. The number of methoxy groups -OCH3 is 1. The van der Waals surface area contributed by atoms with Gasteiger partial charge in [0.15, 0.2) is 16.7 Å². The first-order valence-electron chi connectivity index (χ1n) is 7.77. The van der Waals surface area contributed by atoms with Gasteiger partial charge in [-0.3, -0.25) is 0 Å². The molecule has 132 valence electrons. The van der Waals surface area contributed by atoms with Gasteiger partial charge in [0.1, 0.15) is 5.75 Å². The minimum atomic E-state index is 0.487. The number of benzene rings is 1. The fourth-order valence-corrected chi connectivity index (χ4v) is 3.13. The minimum absolute atomic E-state index is 0.487. The van der Waals surface area contributed by atoms with Gasteiger partial charge < -0.3 is 18.2 Å². The quantitative estimate of drug-likeness (QED) is 0.477. The highest BCUT2D eigenvalue weighted by atomic mass is 32.2. The van der Waals surface area contributed by atoms with Crippen LogP contribution in [-0.4, -0.2) is 32.0 Å². The standard InChI is InChI=1S/C17H15N5O3S/c1-22-16(13-7-4-8-24-13)19-20-17(22)26-10-14-18-15(21-25-14)11-5-3-6-12(9-11)23-2/h3-9H,10H2,1-2H3. The summed E-state index contributed by atoms with van der Waals surface area (Å²) in [6.07, 6.45) is 1.61. The van der Waals surface area contributed by atoms with Crippen molar-refractivity contribution >= 4 is 11.8 Å². The molecule has 0 aliphatic carbocycles. The van der Waals surface area contributed by atoms with Crippen LogP contribution in [0, 0.1) is 0 Å². The Bertz CT molecular complexity index is 1010. The summed E-state index contributed by atoms with van der Waals surface area (Å²) >= 11 is 1.46. The smallest absolute Gasteiger partial charge is 0.237 e. The molecule has 0 atom stereocenters. The Morgan fingerprint density at radius 3 is 2.92 bits per heavy atom. The van der Waals surface area contributed by atoms with Crippen molar-refractivity contribution in [3.63, 3.8) is 0 Å². The molecule has 8 nitrogen and oxygen atoms in total. The molecule has 0 unspecified atom stereocenters. The molecule has 3 aromatic heterocycles. The Labute approximate surface area is 153 Å². The zero-order valence-corrected chi connectivity index (χ0v) is 14.9.